The maximum atomic E-state index is 12.6. The number of hydrogen-bond acceptors (Lipinski definition) is 5. The topological polar surface area (TPSA) is 110 Å². The number of aromatic amines is 1. The standard InChI is InChI=1S/C16H17N5O3S/c17-10-13-2-4-14(5-3-13)16(22)20-6-1-7-21(9-8-20)25(23,24)15-11-18-12-19-15/h2-5,11-12H,1,6-9H2,(H,18,19). The second kappa shape index (κ2) is 7.04. The van der Waals surface area contributed by atoms with Crippen molar-refractivity contribution in [2.24, 2.45) is 0 Å². The number of aromatic nitrogens is 2. The lowest BCUT2D eigenvalue weighted by molar-refractivity contribution is 0.0764. The molecule has 8 nitrogen and oxygen atoms in total. The Morgan fingerprint density at radius 3 is 2.56 bits per heavy atom. The van der Waals surface area contributed by atoms with Crippen LogP contribution >= 0.6 is 0 Å². The van der Waals surface area contributed by atoms with Gasteiger partial charge in [0.1, 0.15) is 0 Å². The number of nitrogens with zero attached hydrogens (tertiary/aromatic N) is 4. The lowest BCUT2D eigenvalue weighted by Crippen LogP contribution is -2.37. The zero-order chi connectivity index (χ0) is 17.9. The van der Waals surface area contributed by atoms with Crippen molar-refractivity contribution in [2.75, 3.05) is 26.2 Å². The molecule has 9 heteroatoms. The third kappa shape index (κ3) is 3.55. The summed E-state index contributed by atoms with van der Waals surface area (Å²) in [5.41, 5.74) is 0.980. The Morgan fingerprint density at radius 2 is 1.92 bits per heavy atom. The Balaban J connectivity index is 1.71. The Bertz CT molecular complexity index is 885. The molecule has 0 unspecified atom stereocenters. The molecular formula is C16H17N5O3S. The number of hydrogen-bond donors (Lipinski definition) is 1. The van der Waals surface area contributed by atoms with E-state index in [1.165, 1.54) is 16.8 Å². The maximum Gasteiger partial charge on any atom is 0.260 e. The van der Waals surface area contributed by atoms with E-state index in [0.717, 1.165) is 0 Å². The monoisotopic (exact) mass is 359 g/mol. The molecule has 130 valence electrons. The molecular weight excluding hydrogens is 342 g/mol. The Labute approximate surface area is 145 Å². The molecule has 2 heterocycles. The first kappa shape index (κ1) is 17.1. The first-order chi connectivity index (χ1) is 12.0. The predicted octanol–water partition coefficient (Wildman–Crippen LogP) is 0.818. The lowest BCUT2D eigenvalue weighted by atomic mass is 10.1. The van der Waals surface area contributed by atoms with Gasteiger partial charge in [-0.05, 0) is 30.7 Å². The van der Waals surface area contributed by atoms with Gasteiger partial charge in [0.05, 0.1) is 24.2 Å². The van der Waals surface area contributed by atoms with Crippen molar-refractivity contribution in [1.29, 1.82) is 5.26 Å². The molecule has 1 N–H and O–H groups in total. The molecule has 3 rings (SSSR count). The molecule has 0 saturated carbocycles. The molecule has 25 heavy (non-hydrogen) atoms. The SMILES string of the molecule is N#Cc1ccc(C(=O)N2CCCN(S(=O)(=O)c3cnc[nH]3)CC2)cc1. The molecule has 0 radical (unpaired) electrons. The van der Waals surface area contributed by atoms with Gasteiger partial charge in [-0.15, -0.1) is 0 Å². The molecule has 1 saturated heterocycles. The van der Waals surface area contributed by atoms with Crippen LogP contribution in [-0.4, -0.2) is 59.7 Å². The number of rotatable bonds is 3. The van der Waals surface area contributed by atoms with Crippen LogP contribution in [0, 0.1) is 11.3 Å². The van der Waals surface area contributed by atoms with Crippen molar-refractivity contribution in [1.82, 2.24) is 19.2 Å². The van der Waals surface area contributed by atoms with E-state index in [-0.39, 0.29) is 17.5 Å². The van der Waals surface area contributed by atoms with Gasteiger partial charge in [-0.2, -0.15) is 9.57 Å². The van der Waals surface area contributed by atoms with E-state index in [0.29, 0.717) is 37.2 Å². The molecule has 1 aliphatic rings. The minimum atomic E-state index is -3.62. The van der Waals surface area contributed by atoms with Gasteiger partial charge < -0.3 is 9.88 Å². The van der Waals surface area contributed by atoms with Gasteiger partial charge in [0.2, 0.25) is 0 Å². The third-order valence-corrected chi connectivity index (χ3v) is 5.92. The average Bonchev–Trinajstić information content (AvgIpc) is 3.06. The van der Waals surface area contributed by atoms with Crippen molar-refractivity contribution in [3.63, 3.8) is 0 Å². The van der Waals surface area contributed by atoms with Gasteiger partial charge in [-0.3, -0.25) is 4.79 Å². The highest BCUT2D eigenvalue weighted by Gasteiger charge is 2.29. The minimum absolute atomic E-state index is 0.0550. The molecule has 0 aliphatic carbocycles. The number of sulfonamides is 1. The van der Waals surface area contributed by atoms with Gasteiger partial charge in [0.25, 0.3) is 15.9 Å². The average molecular weight is 359 g/mol. The second-order valence-electron chi connectivity index (χ2n) is 5.65. The highest BCUT2D eigenvalue weighted by atomic mass is 32.2. The summed E-state index contributed by atoms with van der Waals surface area (Å²) >= 11 is 0. The van der Waals surface area contributed by atoms with Crippen LogP contribution in [0.25, 0.3) is 0 Å². The van der Waals surface area contributed by atoms with Gasteiger partial charge >= 0.3 is 0 Å². The molecule has 1 fully saturated rings. The summed E-state index contributed by atoms with van der Waals surface area (Å²) in [6, 6.07) is 8.44. The maximum absolute atomic E-state index is 12.6. The highest BCUT2D eigenvalue weighted by molar-refractivity contribution is 7.89. The van der Waals surface area contributed by atoms with Crippen LogP contribution in [0.15, 0.2) is 41.8 Å². The Morgan fingerprint density at radius 1 is 1.16 bits per heavy atom. The first-order valence-electron chi connectivity index (χ1n) is 7.80. The summed E-state index contributed by atoms with van der Waals surface area (Å²) in [6.45, 7) is 1.36. The number of amides is 1. The summed E-state index contributed by atoms with van der Waals surface area (Å²) < 4.78 is 26.4. The number of nitrogens with one attached hydrogen (secondary N) is 1. The Hall–Kier alpha value is -2.70. The molecule has 1 aromatic heterocycles. The van der Waals surface area contributed by atoms with E-state index < -0.39 is 10.0 Å². The van der Waals surface area contributed by atoms with Gasteiger partial charge in [-0.1, -0.05) is 0 Å². The van der Waals surface area contributed by atoms with Crippen LogP contribution in [0.3, 0.4) is 0 Å². The summed E-state index contributed by atoms with van der Waals surface area (Å²) in [5.74, 6) is -0.162. The van der Waals surface area contributed by atoms with Crippen molar-refractivity contribution in [3.05, 3.63) is 47.9 Å². The summed E-state index contributed by atoms with van der Waals surface area (Å²) in [4.78, 5) is 20.6. The number of benzene rings is 1. The van der Waals surface area contributed by atoms with Crippen molar-refractivity contribution in [2.45, 2.75) is 11.4 Å². The fourth-order valence-electron chi connectivity index (χ4n) is 2.73. The van der Waals surface area contributed by atoms with Crippen LogP contribution in [0.4, 0.5) is 0 Å². The summed E-state index contributed by atoms with van der Waals surface area (Å²) in [5, 5.41) is 8.88. The molecule has 1 amide bonds. The number of H-pyrrole nitrogens is 1. The van der Waals surface area contributed by atoms with Gasteiger partial charge in [-0.25, -0.2) is 13.4 Å². The van der Waals surface area contributed by atoms with E-state index in [1.54, 1.807) is 29.2 Å². The normalized spacial score (nSPS) is 16.2. The van der Waals surface area contributed by atoms with E-state index in [4.69, 9.17) is 5.26 Å². The van der Waals surface area contributed by atoms with Gasteiger partial charge in [0, 0.05) is 31.7 Å². The van der Waals surface area contributed by atoms with E-state index in [1.807, 2.05) is 6.07 Å². The minimum Gasteiger partial charge on any atom is -0.337 e. The third-order valence-electron chi connectivity index (χ3n) is 4.09. The number of imidazole rings is 1. The highest BCUT2D eigenvalue weighted by Crippen LogP contribution is 2.16. The van der Waals surface area contributed by atoms with Crippen molar-refractivity contribution in [3.8, 4) is 6.07 Å². The molecule has 0 spiro atoms. The van der Waals surface area contributed by atoms with Crippen LogP contribution in [0.1, 0.15) is 22.3 Å². The predicted molar refractivity (Wildman–Crippen MR) is 89.0 cm³/mol. The molecule has 0 bridgehead atoms. The number of carbonyl (C=O) groups is 1. The summed E-state index contributed by atoms with van der Waals surface area (Å²) in [7, 11) is -3.62. The van der Waals surface area contributed by atoms with Crippen LogP contribution < -0.4 is 0 Å². The molecule has 1 aromatic carbocycles. The zero-order valence-electron chi connectivity index (χ0n) is 13.4. The van der Waals surface area contributed by atoms with Crippen LogP contribution in [0.5, 0.6) is 0 Å². The van der Waals surface area contributed by atoms with Crippen molar-refractivity contribution >= 4 is 15.9 Å². The fourth-order valence-corrected chi connectivity index (χ4v) is 4.10. The number of carbonyl (C=O) groups excluding carboxylic acids is 1. The number of nitriles is 1. The largest absolute Gasteiger partial charge is 0.337 e. The summed E-state index contributed by atoms with van der Waals surface area (Å²) in [6.07, 6.45) is 3.15. The molecule has 0 atom stereocenters. The second-order valence-corrected chi connectivity index (χ2v) is 7.56. The quantitative estimate of drug-likeness (QED) is 0.872. The first-order valence-corrected chi connectivity index (χ1v) is 9.24. The van der Waals surface area contributed by atoms with Gasteiger partial charge in [0.15, 0.2) is 5.03 Å². The van der Waals surface area contributed by atoms with Crippen LogP contribution in [0.2, 0.25) is 0 Å². The van der Waals surface area contributed by atoms with E-state index in [2.05, 4.69) is 9.97 Å². The van der Waals surface area contributed by atoms with E-state index in [9.17, 15) is 13.2 Å². The van der Waals surface area contributed by atoms with Crippen LogP contribution in [-0.2, 0) is 10.0 Å². The Kier molecular flexibility index (Phi) is 4.83. The smallest absolute Gasteiger partial charge is 0.260 e. The molecule has 1 aliphatic heterocycles. The van der Waals surface area contributed by atoms with Crippen molar-refractivity contribution < 1.29 is 13.2 Å². The zero-order valence-corrected chi connectivity index (χ0v) is 14.2. The molecule has 2 aromatic rings. The van der Waals surface area contributed by atoms with E-state index >= 15 is 0 Å². The fraction of sp³-hybridized carbons (Fsp3) is 0.312. The lowest BCUT2D eigenvalue weighted by Gasteiger charge is -2.21.